The van der Waals surface area contributed by atoms with Crippen LogP contribution < -0.4 is 16.6 Å². The molecule has 1 saturated heterocycles. The van der Waals surface area contributed by atoms with E-state index in [4.69, 9.17) is 0 Å². The second-order valence-electron chi connectivity index (χ2n) is 6.20. The third kappa shape index (κ3) is 3.63. The summed E-state index contributed by atoms with van der Waals surface area (Å²) in [6, 6.07) is 1.05. The molecule has 0 aromatic carbocycles. The van der Waals surface area contributed by atoms with Gasteiger partial charge in [-0.2, -0.15) is 0 Å². The summed E-state index contributed by atoms with van der Waals surface area (Å²) < 4.78 is 2.62. The summed E-state index contributed by atoms with van der Waals surface area (Å²) >= 11 is 0. The summed E-state index contributed by atoms with van der Waals surface area (Å²) in [5.74, 6) is 0. The Bertz CT molecular complexity index is 595. The zero-order valence-corrected chi connectivity index (χ0v) is 13.4. The molecule has 0 spiro atoms. The zero-order chi connectivity index (χ0) is 15.6. The standard InChI is InChI=1S/C15H26N4O2/c1-11(2)19-7-5-13(6-8-19)16-9-12-10-17(3)15(21)18(4)14(12)20/h10-11,13,16H,5-9H2,1-4H3. The van der Waals surface area contributed by atoms with Gasteiger partial charge >= 0.3 is 5.69 Å². The van der Waals surface area contributed by atoms with Crippen LogP contribution in [-0.2, 0) is 20.6 Å². The summed E-state index contributed by atoms with van der Waals surface area (Å²) in [6.45, 7) is 7.16. The first-order chi connectivity index (χ1) is 9.90. The van der Waals surface area contributed by atoms with Crippen molar-refractivity contribution in [2.75, 3.05) is 13.1 Å². The number of hydrogen-bond donors (Lipinski definition) is 1. The minimum atomic E-state index is -0.283. The molecule has 1 N–H and O–H groups in total. The van der Waals surface area contributed by atoms with Gasteiger partial charge in [0, 0.05) is 44.5 Å². The average Bonchev–Trinajstić information content (AvgIpc) is 2.48. The van der Waals surface area contributed by atoms with E-state index >= 15 is 0 Å². The van der Waals surface area contributed by atoms with E-state index in [9.17, 15) is 9.59 Å². The van der Waals surface area contributed by atoms with E-state index in [1.54, 1.807) is 13.2 Å². The molecule has 0 atom stereocenters. The Labute approximate surface area is 125 Å². The van der Waals surface area contributed by atoms with Gasteiger partial charge in [0.25, 0.3) is 5.56 Å². The fourth-order valence-corrected chi connectivity index (χ4v) is 2.88. The maximum atomic E-state index is 12.1. The quantitative estimate of drug-likeness (QED) is 0.852. The van der Waals surface area contributed by atoms with Gasteiger partial charge in [-0.25, -0.2) is 4.79 Å². The Morgan fingerprint density at radius 1 is 1.24 bits per heavy atom. The Kier molecular flexibility index (Phi) is 5.00. The van der Waals surface area contributed by atoms with Crippen molar-refractivity contribution in [3.63, 3.8) is 0 Å². The Morgan fingerprint density at radius 3 is 2.43 bits per heavy atom. The van der Waals surface area contributed by atoms with E-state index in [0.717, 1.165) is 25.9 Å². The van der Waals surface area contributed by atoms with Crippen LogP contribution in [0, 0.1) is 0 Å². The van der Waals surface area contributed by atoms with Crippen LogP contribution in [0.5, 0.6) is 0 Å². The molecular formula is C15H26N4O2. The fourth-order valence-electron chi connectivity index (χ4n) is 2.88. The van der Waals surface area contributed by atoms with Crippen molar-refractivity contribution in [3.8, 4) is 0 Å². The first-order valence-electron chi connectivity index (χ1n) is 7.63. The second kappa shape index (κ2) is 6.58. The summed E-state index contributed by atoms with van der Waals surface area (Å²) in [6.07, 6.45) is 3.84. The SMILES string of the molecule is CC(C)N1CCC(NCc2cn(C)c(=O)n(C)c2=O)CC1. The monoisotopic (exact) mass is 294 g/mol. The summed E-state index contributed by atoms with van der Waals surface area (Å²) in [7, 11) is 3.20. The molecule has 2 rings (SSSR count). The maximum absolute atomic E-state index is 12.1. The smallest absolute Gasteiger partial charge is 0.310 e. The average molecular weight is 294 g/mol. The van der Waals surface area contributed by atoms with Crippen molar-refractivity contribution in [2.24, 2.45) is 14.1 Å². The van der Waals surface area contributed by atoms with Crippen molar-refractivity contribution in [1.29, 1.82) is 0 Å². The molecule has 6 heteroatoms. The first kappa shape index (κ1) is 16.0. The van der Waals surface area contributed by atoms with Gasteiger partial charge < -0.3 is 14.8 Å². The molecule has 1 aliphatic heterocycles. The lowest BCUT2D eigenvalue weighted by Gasteiger charge is -2.35. The number of nitrogens with one attached hydrogen (secondary N) is 1. The molecule has 0 saturated carbocycles. The molecular weight excluding hydrogens is 268 g/mol. The van der Waals surface area contributed by atoms with Crippen LogP contribution in [0.2, 0.25) is 0 Å². The number of nitrogens with zero attached hydrogens (tertiary/aromatic N) is 3. The molecule has 0 amide bonds. The highest BCUT2D eigenvalue weighted by atomic mass is 16.2. The maximum Gasteiger partial charge on any atom is 0.330 e. The zero-order valence-electron chi connectivity index (χ0n) is 13.4. The van der Waals surface area contributed by atoms with Crippen LogP contribution >= 0.6 is 0 Å². The molecule has 118 valence electrons. The van der Waals surface area contributed by atoms with Gasteiger partial charge in [0.1, 0.15) is 0 Å². The van der Waals surface area contributed by atoms with Gasteiger partial charge in [0.05, 0.1) is 0 Å². The van der Waals surface area contributed by atoms with Crippen LogP contribution in [0.3, 0.4) is 0 Å². The molecule has 0 bridgehead atoms. The topological polar surface area (TPSA) is 59.3 Å². The van der Waals surface area contributed by atoms with Gasteiger partial charge in [-0.15, -0.1) is 0 Å². The van der Waals surface area contributed by atoms with Crippen LogP contribution in [-0.4, -0.2) is 39.2 Å². The van der Waals surface area contributed by atoms with E-state index in [2.05, 4.69) is 24.1 Å². The summed E-state index contributed by atoms with van der Waals surface area (Å²) in [4.78, 5) is 26.2. The summed E-state index contributed by atoms with van der Waals surface area (Å²) in [5.41, 5.74) is 0.157. The van der Waals surface area contributed by atoms with E-state index in [0.29, 0.717) is 24.2 Å². The number of likely N-dealkylation sites (tertiary alicyclic amines) is 1. The lowest BCUT2D eigenvalue weighted by atomic mass is 10.0. The molecule has 1 fully saturated rings. The minimum absolute atomic E-state index is 0.204. The van der Waals surface area contributed by atoms with Gasteiger partial charge in [-0.05, 0) is 39.8 Å². The molecule has 6 nitrogen and oxygen atoms in total. The van der Waals surface area contributed by atoms with Gasteiger partial charge in [-0.1, -0.05) is 0 Å². The Hall–Kier alpha value is -1.40. The van der Waals surface area contributed by atoms with Crippen LogP contribution in [0.4, 0.5) is 0 Å². The third-order valence-electron chi connectivity index (χ3n) is 4.36. The van der Waals surface area contributed by atoms with Crippen molar-refractivity contribution in [2.45, 2.75) is 45.3 Å². The lowest BCUT2D eigenvalue weighted by molar-refractivity contribution is 0.161. The number of piperidine rings is 1. The highest BCUT2D eigenvalue weighted by Crippen LogP contribution is 2.13. The largest absolute Gasteiger partial charge is 0.330 e. The molecule has 2 heterocycles. The number of hydrogen-bond acceptors (Lipinski definition) is 4. The fraction of sp³-hybridized carbons (Fsp3) is 0.733. The third-order valence-corrected chi connectivity index (χ3v) is 4.36. The number of aryl methyl sites for hydroxylation is 1. The normalized spacial score (nSPS) is 17.6. The van der Waals surface area contributed by atoms with Gasteiger partial charge in [-0.3, -0.25) is 9.36 Å². The summed E-state index contributed by atoms with van der Waals surface area (Å²) in [5, 5.41) is 3.46. The number of rotatable bonds is 4. The molecule has 21 heavy (non-hydrogen) atoms. The van der Waals surface area contributed by atoms with Crippen molar-refractivity contribution in [1.82, 2.24) is 19.4 Å². The highest BCUT2D eigenvalue weighted by molar-refractivity contribution is 5.05. The van der Waals surface area contributed by atoms with Crippen molar-refractivity contribution < 1.29 is 0 Å². The molecule has 0 unspecified atom stereocenters. The van der Waals surface area contributed by atoms with Gasteiger partial charge in [0.15, 0.2) is 0 Å². The van der Waals surface area contributed by atoms with E-state index < -0.39 is 0 Å². The predicted octanol–water partition coefficient (Wildman–Crippen LogP) is 0.0464. The van der Waals surface area contributed by atoms with Crippen LogP contribution in [0.15, 0.2) is 15.8 Å². The van der Waals surface area contributed by atoms with E-state index in [1.165, 1.54) is 16.2 Å². The molecule has 0 radical (unpaired) electrons. The molecule has 0 aliphatic carbocycles. The van der Waals surface area contributed by atoms with Crippen molar-refractivity contribution >= 4 is 0 Å². The minimum Gasteiger partial charge on any atom is -0.310 e. The first-order valence-corrected chi connectivity index (χ1v) is 7.63. The second-order valence-corrected chi connectivity index (χ2v) is 6.20. The molecule has 1 aliphatic rings. The van der Waals surface area contributed by atoms with Crippen molar-refractivity contribution in [3.05, 3.63) is 32.6 Å². The van der Waals surface area contributed by atoms with Crippen LogP contribution in [0.25, 0.3) is 0 Å². The molecule has 1 aromatic rings. The Balaban J connectivity index is 1.96. The van der Waals surface area contributed by atoms with E-state index in [1.807, 2.05) is 0 Å². The number of aromatic nitrogens is 2. The highest BCUT2D eigenvalue weighted by Gasteiger charge is 2.20. The predicted molar refractivity (Wildman–Crippen MR) is 83.5 cm³/mol. The lowest BCUT2D eigenvalue weighted by Crippen LogP contribution is -2.46. The van der Waals surface area contributed by atoms with Crippen LogP contribution in [0.1, 0.15) is 32.3 Å². The molecule has 1 aromatic heterocycles. The van der Waals surface area contributed by atoms with Gasteiger partial charge in [0.2, 0.25) is 0 Å². The van der Waals surface area contributed by atoms with E-state index in [-0.39, 0.29) is 11.2 Å². The Morgan fingerprint density at radius 2 is 1.86 bits per heavy atom.